The summed E-state index contributed by atoms with van der Waals surface area (Å²) in [5.74, 6) is 2.48. The van der Waals surface area contributed by atoms with Gasteiger partial charge >= 0.3 is 0 Å². The van der Waals surface area contributed by atoms with Crippen molar-refractivity contribution in [3.8, 4) is 17.1 Å². The summed E-state index contributed by atoms with van der Waals surface area (Å²) in [5, 5.41) is 4.77. The lowest BCUT2D eigenvalue weighted by Gasteiger charge is -2.32. The molecule has 2 aliphatic heterocycles. The van der Waals surface area contributed by atoms with Crippen LogP contribution in [0.5, 0.6) is 0 Å². The lowest BCUT2D eigenvalue weighted by atomic mass is 10.1. The van der Waals surface area contributed by atoms with E-state index in [1.807, 2.05) is 41.2 Å². The third kappa shape index (κ3) is 4.67. The Labute approximate surface area is 211 Å². The van der Waals surface area contributed by atoms with Gasteiger partial charge in [-0.3, -0.25) is 4.90 Å². The molecule has 36 heavy (non-hydrogen) atoms. The van der Waals surface area contributed by atoms with Crippen LogP contribution in [0, 0.1) is 0 Å². The second-order valence-corrected chi connectivity index (χ2v) is 9.36. The van der Waals surface area contributed by atoms with Crippen LogP contribution in [0.15, 0.2) is 89.4 Å². The largest absolute Gasteiger partial charge is 0.463 e. The maximum absolute atomic E-state index is 5.86. The molecular formula is C29H30N4O3. The monoisotopic (exact) mass is 482 g/mol. The van der Waals surface area contributed by atoms with Crippen molar-refractivity contribution in [2.24, 2.45) is 0 Å². The van der Waals surface area contributed by atoms with E-state index >= 15 is 0 Å². The zero-order chi connectivity index (χ0) is 24.3. The second kappa shape index (κ2) is 10.0. The lowest BCUT2D eigenvalue weighted by molar-refractivity contribution is 0.0857. The molecule has 2 aliphatic rings. The fourth-order valence-corrected chi connectivity index (χ4v) is 4.83. The smallest absolute Gasteiger partial charge is 0.230 e. The van der Waals surface area contributed by atoms with Gasteiger partial charge < -0.3 is 18.8 Å². The van der Waals surface area contributed by atoms with Gasteiger partial charge in [-0.25, -0.2) is 4.68 Å². The molecule has 1 fully saturated rings. The van der Waals surface area contributed by atoms with Crippen molar-refractivity contribution in [1.82, 2.24) is 19.6 Å². The molecule has 0 radical (unpaired) electrons. The Morgan fingerprint density at radius 3 is 2.42 bits per heavy atom. The first-order chi connectivity index (χ1) is 17.7. The van der Waals surface area contributed by atoms with Gasteiger partial charge in [0.25, 0.3) is 0 Å². The fourth-order valence-electron chi connectivity index (χ4n) is 4.83. The van der Waals surface area contributed by atoms with E-state index in [0.717, 1.165) is 66.9 Å². The summed E-state index contributed by atoms with van der Waals surface area (Å²) in [6.07, 6.45) is 4.39. The normalized spacial score (nSPS) is 16.8. The molecule has 7 heteroatoms. The minimum absolute atomic E-state index is 0.247. The van der Waals surface area contributed by atoms with Crippen molar-refractivity contribution in [2.75, 3.05) is 40.0 Å². The van der Waals surface area contributed by atoms with E-state index in [9.17, 15) is 0 Å². The number of hydrogen-bond acceptors (Lipinski definition) is 6. The van der Waals surface area contributed by atoms with Gasteiger partial charge in [-0.2, -0.15) is 5.10 Å². The van der Waals surface area contributed by atoms with Crippen molar-refractivity contribution in [3.63, 3.8) is 0 Å². The summed E-state index contributed by atoms with van der Waals surface area (Å²) in [5.41, 5.74) is 5.32. The highest BCUT2D eigenvalue weighted by Gasteiger charge is 2.23. The van der Waals surface area contributed by atoms with Gasteiger partial charge in [-0.15, -0.1) is 0 Å². The minimum Gasteiger partial charge on any atom is -0.463 e. The van der Waals surface area contributed by atoms with Gasteiger partial charge in [-0.05, 0) is 49.0 Å². The standard InChI is InChI=1S/C29H30N4O3/c1-31-13-15-32(16-14-31)20-24-19-30-33(28(24)26-8-5-17-34-26)25-11-9-23(10-12-25)29-27(35-21-36-29)18-22-6-3-2-4-7-22/h2-12,17,19H,13-16,18,20-21H2,1H3. The molecule has 0 atom stereocenters. The Hall–Kier alpha value is -3.81. The molecule has 6 rings (SSSR count). The molecule has 0 amide bonds. The van der Waals surface area contributed by atoms with Gasteiger partial charge in [0, 0.05) is 50.3 Å². The molecule has 184 valence electrons. The number of benzene rings is 2. The van der Waals surface area contributed by atoms with Crippen LogP contribution >= 0.6 is 0 Å². The Morgan fingerprint density at radius 1 is 0.861 bits per heavy atom. The van der Waals surface area contributed by atoms with E-state index in [1.165, 1.54) is 11.1 Å². The first kappa shape index (κ1) is 22.6. The SMILES string of the molecule is CN1CCN(Cc2cnn(-c3ccc(C4=C(Cc5ccccc5)OCO4)cc3)c2-c2ccco2)CC1. The van der Waals surface area contributed by atoms with Crippen LogP contribution in [0.2, 0.25) is 0 Å². The minimum atomic E-state index is 0.247. The molecule has 0 bridgehead atoms. The lowest BCUT2D eigenvalue weighted by Crippen LogP contribution is -2.43. The summed E-state index contributed by atoms with van der Waals surface area (Å²) < 4.78 is 19.5. The van der Waals surface area contributed by atoms with Gasteiger partial charge in [0.05, 0.1) is 18.1 Å². The zero-order valence-corrected chi connectivity index (χ0v) is 20.5. The molecule has 1 saturated heterocycles. The number of nitrogens with zero attached hydrogens (tertiary/aromatic N) is 4. The van der Waals surface area contributed by atoms with Crippen LogP contribution in [-0.4, -0.2) is 59.6 Å². The summed E-state index contributed by atoms with van der Waals surface area (Å²) in [4.78, 5) is 4.85. The number of rotatable bonds is 7. The van der Waals surface area contributed by atoms with E-state index in [2.05, 4.69) is 53.2 Å². The number of furan rings is 1. The van der Waals surface area contributed by atoms with Gasteiger partial charge in [0.2, 0.25) is 6.79 Å². The molecule has 0 N–H and O–H groups in total. The average molecular weight is 483 g/mol. The first-order valence-corrected chi connectivity index (χ1v) is 12.4. The highest BCUT2D eigenvalue weighted by molar-refractivity contribution is 5.66. The highest BCUT2D eigenvalue weighted by atomic mass is 16.7. The summed E-state index contributed by atoms with van der Waals surface area (Å²) in [6.45, 7) is 5.37. The van der Waals surface area contributed by atoms with E-state index < -0.39 is 0 Å². The third-order valence-corrected chi connectivity index (χ3v) is 6.86. The fraction of sp³-hybridized carbons (Fsp3) is 0.276. The van der Waals surface area contributed by atoms with E-state index in [-0.39, 0.29) is 6.79 Å². The molecule has 0 unspecified atom stereocenters. The molecule has 4 aromatic rings. The van der Waals surface area contributed by atoms with Gasteiger partial charge in [-0.1, -0.05) is 30.3 Å². The quantitative estimate of drug-likeness (QED) is 0.377. The Kier molecular flexibility index (Phi) is 6.32. The highest BCUT2D eigenvalue weighted by Crippen LogP contribution is 2.32. The molecule has 7 nitrogen and oxygen atoms in total. The Morgan fingerprint density at radius 2 is 1.67 bits per heavy atom. The van der Waals surface area contributed by atoms with E-state index in [4.69, 9.17) is 19.0 Å². The van der Waals surface area contributed by atoms with Gasteiger partial charge in [0.15, 0.2) is 11.5 Å². The van der Waals surface area contributed by atoms with E-state index in [1.54, 1.807) is 6.26 Å². The third-order valence-electron chi connectivity index (χ3n) is 6.86. The number of ether oxygens (including phenoxy) is 2. The number of allylic oxidation sites excluding steroid dienone is 1. The average Bonchev–Trinajstić information content (AvgIpc) is 3.68. The zero-order valence-electron chi connectivity index (χ0n) is 20.5. The van der Waals surface area contributed by atoms with Crippen LogP contribution in [0.1, 0.15) is 16.7 Å². The second-order valence-electron chi connectivity index (χ2n) is 9.36. The maximum atomic E-state index is 5.86. The van der Waals surface area contributed by atoms with Crippen molar-refractivity contribution >= 4 is 5.76 Å². The topological polar surface area (TPSA) is 55.9 Å². The molecule has 0 saturated carbocycles. The van der Waals surface area contributed by atoms with Crippen molar-refractivity contribution in [1.29, 1.82) is 0 Å². The molecular weight excluding hydrogens is 452 g/mol. The van der Waals surface area contributed by atoms with Crippen molar-refractivity contribution in [2.45, 2.75) is 13.0 Å². The van der Waals surface area contributed by atoms with E-state index in [0.29, 0.717) is 6.42 Å². The molecule has 4 heterocycles. The Balaban J connectivity index is 1.28. The van der Waals surface area contributed by atoms with Crippen LogP contribution in [-0.2, 0) is 22.4 Å². The molecule has 0 aliphatic carbocycles. The number of hydrogen-bond donors (Lipinski definition) is 0. The number of likely N-dealkylation sites (N-methyl/N-ethyl adjacent to an activating group) is 1. The molecule has 0 spiro atoms. The number of piperazine rings is 1. The Bertz CT molecular complexity index is 1320. The molecule has 2 aromatic heterocycles. The van der Waals surface area contributed by atoms with Crippen LogP contribution in [0.4, 0.5) is 0 Å². The predicted molar refractivity (Wildman–Crippen MR) is 138 cm³/mol. The first-order valence-electron chi connectivity index (χ1n) is 12.4. The van der Waals surface area contributed by atoms with Crippen LogP contribution < -0.4 is 0 Å². The summed E-state index contributed by atoms with van der Waals surface area (Å²) in [7, 11) is 2.18. The van der Waals surface area contributed by atoms with Crippen LogP contribution in [0.3, 0.4) is 0 Å². The summed E-state index contributed by atoms with van der Waals surface area (Å²) in [6, 6.07) is 22.5. The predicted octanol–water partition coefficient (Wildman–Crippen LogP) is 4.80. The van der Waals surface area contributed by atoms with Crippen molar-refractivity contribution in [3.05, 3.63) is 102 Å². The van der Waals surface area contributed by atoms with Crippen molar-refractivity contribution < 1.29 is 13.9 Å². The number of aromatic nitrogens is 2. The van der Waals surface area contributed by atoms with Crippen LogP contribution in [0.25, 0.3) is 22.9 Å². The maximum Gasteiger partial charge on any atom is 0.230 e. The summed E-state index contributed by atoms with van der Waals surface area (Å²) >= 11 is 0. The molecule has 2 aromatic carbocycles. The van der Waals surface area contributed by atoms with Gasteiger partial charge in [0.1, 0.15) is 11.5 Å².